The predicted octanol–water partition coefficient (Wildman–Crippen LogP) is 3.36. The number of benzene rings is 2. The number of hydrogen-bond donors (Lipinski definition) is 2. The van der Waals surface area contributed by atoms with E-state index in [1.807, 2.05) is 24.3 Å². The van der Waals surface area contributed by atoms with Gasteiger partial charge in [0.05, 0.1) is 5.56 Å². The lowest BCUT2D eigenvalue weighted by Gasteiger charge is -2.07. The zero-order valence-corrected chi connectivity index (χ0v) is 12.2. The molecule has 0 bridgehead atoms. The number of phenols is 1. The molecule has 20 heavy (non-hydrogen) atoms. The number of carbonyl (C=O) groups is 1. The van der Waals surface area contributed by atoms with Crippen LogP contribution in [0.25, 0.3) is 0 Å². The summed E-state index contributed by atoms with van der Waals surface area (Å²) in [6.07, 6.45) is 0. The molecule has 5 heteroatoms. The average molecular weight is 338 g/mol. The number of nitrogens with one attached hydrogen (secondary N) is 1. The molecule has 0 unspecified atom stereocenters. The van der Waals surface area contributed by atoms with Crippen LogP contribution in [0.2, 0.25) is 0 Å². The van der Waals surface area contributed by atoms with Gasteiger partial charge in [0.2, 0.25) is 0 Å². The van der Waals surface area contributed by atoms with Crippen molar-refractivity contribution in [1.29, 1.82) is 0 Å². The van der Waals surface area contributed by atoms with Crippen LogP contribution in [-0.4, -0.2) is 11.0 Å². The first-order valence-electron chi connectivity index (χ1n) is 6.00. The minimum atomic E-state index is -0.561. The van der Waals surface area contributed by atoms with Crippen molar-refractivity contribution in [3.8, 4) is 5.75 Å². The maximum absolute atomic E-state index is 13.1. The van der Waals surface area contributed by atoms with Crippen molar-refractivity contribution in [2.24, 2.45) is 0 Å². The molecular weight excluding hydrogens is 325 g/mol. The fourth-order valence-corrected chi connectivity index (χ4v) is 2.09. The van der Waals surface area contributed by atoms with Crippen LogP contribution in [0.5, 0.6) is 5.75 Å². The van der Waals surface area contributed by atoms with Crippen molar-refractivity contribution in [3.63, 3.8) is 0 Å². The molecule has 2 rings (SSSR count). The molecule has 0 aliphatic carbocycles. The highest BCUT2D eigenvalue weighted by molar-refractivity contribution is 9.08. The van der Waals surface area contributed by atoms with Gasteiger partial charge in [0.25, 0.3) is 5.91 Å². The maximum Gasteiger partial charge on any atom is 0.255 e. The maximum atomic E-state index is 13.1. The van der Waals surface area contributed by atoms with Crippen molar-refractivity contribution in [2.45, 2.75) is 11.9 Å². The zero-order valence-electron chi connectivity index (χ0n) is 10.6. The SMILES string of the molecule is O=C(NCc1ccc(CBr)cc1)c1cc(F)ccc1O. The van der Waals surface area contributed by atoms with Crippen LogP contribution in [0.4, 0.5) is 4.39 Å². The molecule has 0 radical (unpaired) electrons. The molecule has 0 saturated carbocycles. The Morgan fingerprint density at radius 3 is 2.45 bits per heavy atom. The standard InChI is InChI=1S/C15H13BrFNO2/c16-8-10-1-3-11(4-2-10)9-18-15(20)13-7-12(17)5-6-14(13)19/h1-7,19H,8-9H2,(H,18,20). The summed E-state index contributed by atoms with van der Waals surface area (Å²) in [7, 11) is 0. The lowest BCUT2D eigenvalue weighted by molar-refractivity contribution is 0.0947. The van der Waals surface area contributed by atoms with Gasteiger partial charge in [0.1, 0.15) is 11.6 Å². The van der Waals surface area contributed by atoms with Crippen molar-refractivity contribution in [2.75, 3.05) is 0 Å². The molecule has 2 aromatic carbocycles. The van der Waals surface area contributed by atoms with Crippen molar-refractivity contribution >= 4 is 21.8 Å². The molecule has 0 aliphatic rings. The third kappa shape index (κ3) is 3.57. The minimum Gasteiger partial charge on any atom is -0.507 e. The average Bonchev–Trinajstić information content (AvgIpc) is 2.47. The van der Waals surface area contributed by atoms with Gasteiger partial charge < -0.3 is 10.4 Å². The summed E-state index contributed by atoms with van der Waals surface area (Å²) in [5.74, 6) is -1.31. The normalized spacial score (nSPS) is 10.3. The van der Waals surface area contributed by atoms with Crippen molar-refractivity contribution in [3.05, 3.63) is 65.0 Å². The smallest absolute Gasteiger partial charge is 0.255 e. The molecule has 0 aliphatic heterocycles. The summed E-state index contributed by atoms with van der Waals surface area (Å²) in [5, 5.41) is 13.0. The Balaban J connectivity index is 2.02. The van der Waals surface area contributed by atoms with Gasteiger partial charge in [-0.15, -0.1) is 0 Å². The number of hydrogen-bond acceptors (Lipinski definition) is 2. The van der Waals surface area contributed by atoms with Crippen LogP contribution < -0.4 is 5.32 Å². The van der Waals surface area contributed by atoms with E-state index in [1.165, 1.54) is 0 Å². The topological polar surface area (TPSA) is 49.3 Å². The van der Waals surface area contributed by atoms with E-state index in [1.54, 1.807) is 0 Å². The van der Waals surface area contributed by atoms with Gasteiger partial charge in [0.15, 0.2) is 0 Å². The first-order valence-corrected chi connectivity index (χ1v) is 7.13. The highest BCUT2D eigenvalue weighted by Crippen LogP contribution is 2.17. The number of halogens is 2. The largest absolute Gasteiger partial charge is 0.507 e. The molecule has 2 aromatic rings. The van der Waals surface area contributed by atoms with Gasteiger partial charge in [-0.25, -0.2) is 4.39 Å². The number of carbonyl (C=O) groups excluding carboxylic acids is 1. The summed E-state index contributed by atoms with van der Waals surface area (Å²) in [6, 6.07) is 11.0. The fraction of sp³-hybridized carbons (Fsp3) is 0.133. The number of aromatic hydroxyl groups is 1. The Morgan fingerprint density at radius 2 is 1.80 bits per heavy atom. The number of alkyl halides is 1. The Labute approximate surface area is 124 Å². The Morgan fingerprint density at radius 1 is 1.15 bits per heavy atom. The summed E-state index contributed by atoms with van der Waals surface area (Å²) < 4.78 is 13.1. The Kier molecular flexibility index (Phi) is 4.74. The third-order valence-corrected chi connectivity index (χ3v) is 3.48. The van der Waals surface area contributed by atoms with Crippen LogP contribution in [0.3, 0.4) is 0 Å². The molecule has 0 atom stereocenters. The van der Waals surface area contributed by atoms with Gasteiger partial charge in [-0.1, -0.05) is 40.2 Å². The van der Waals surface area contributed by atoms with Gasteiger partial charge in [-0.2, -0.15) is 0 Å². The fourth-order valence-electron chi connectivity index (χ4n) is 1.71. The number of phenolic OH excluding ortho intramolecular Hbond substituents is 1. The monoisotopic (exact) mass is 337 g/mol. The van der Waals surface area contributed by atoms with E-state index in [-0.39, 0.29) is 11.3 Å². The molecule has 104 valence electrons. The van der Waals surface area contributed by atoms with E-state index in [0.29, 0.717) is 6.54 Å². The highest BCUT2D eigenvalue weighted by atomic mass is 79.9. The van der Waals surface area contributed by atoms with E-state index in [2.05, 4.69) is 21.2 Å². The zero-order chi connectivity index (χ0) is 14.5. The van der Waals surface area contributed by atoms with Crippen LogP contribution in [0, 0.1) is 5.82 Å². The van der Waals surface area contributed by atoms with Gasteiger partial charge in [0, 0.05) is 11.9 Å². The van der Waals surface area contributed by atoms with E-state index >= 15 is 0 Å². The predicted molar refractivity (Wildman–Crippen MR) is 78.3 cm³/mol. The van der Waals surface area contributed by atoms with E-state index in [4.69, 9.17) is 0 Å². The third-order valence-electron chi connectivity index (χ3n) is 2.83. The lowest BCUT2D eigenvalue weighted by Crippen LogP contribution is -2.23. The van der Waals surface area contributed by atoms with Crippen molar-refractivity contribution in [1.82, 2.24) is 5.32 Å². The summed E-state index contributed by atoms with van der Waals surface area (Å²) in [5.41, 5.74) is 2.00. The molecule has 0 aromatic heterocycles. The molecule has 1 amide bonds. The molecule has 0 fully saturated rings. The lowest BCUT2D eigenvalue weighted by atomic mass is 10.1. The number of amides is 1. The summed E-state index contributed by atoms with van der Waals surface area (Å²) in [6.45, 7) is 0.317. The second-order valence-corrected chi connectivity index (χ2v) is 4.86. The first-order chi connectivity index (χ1) is 9.60. The minimum absolute atomic E-state index is 0.0675. The van der Waals surface area contributed by atoms with E-state index < -0.39 is 11.7 Å². The van der Waals surface area contributed by atoms with E-state index in [9.17, 15) is 14.3 Å². The van der Waals surface area contributed by atoms with Crippen LogP contribution in [0.1, 0.15) is 21.5 Å². The molecular formula is C15H13BrFNO2. The molecule has 0 heterocycles. The Hall–Kier alpha value is -1.88. The summed E-state index contributed by atoms with van der Waals surface area (Å²) >= 11 is 3.36. The van der Waals surface area contributed by atoms with Gasteiger partial charge in [-0.05, 0) is 29.3 Å². The van der Waals surface area contributed by atoms with Crippen LogP contribution >= 0.6 is 15.9 Å². The van der Waals surface area contributed by atoms with Crippen LogP contribution in [-0.2, 0) is 11.9 Å². The van der Waals surface area contributed by atoms with E-state index in [0.717, 1.165) is 34.7 Å². The highest BCUT2D eigenvalue weighted by Gasteiger charge is 2.11. The van der Waals surface area contributed by atoms with Gasteiger partial charge >= 0.3 is 0 Å². The van der Waals surface area contributed by atoms with Gasteiger partial charge in [-0.3, -0.25) is 4.79 Å². The summed E-state index contributed by atoms with van der Waals surface area (Å²) in [4.78, 5) is 11.9. The first kappa shape index (κ1) is 14.5. The second-order valence-electron chi connectivity index (χ2n) is 4.29. The molecule has 0 spiro atoms. The molecule has 3 nitrogen and oxygen atoms in total. The Bertz CT molecular complexity index is 614. The second kappa shape index (κ2) is 6.52. The van der Waals surface area contributed by atoms with Crippen LogP contribution in [0.15, 0.2) is 42.5 Å². The van der Waals surface area contributed by atoms with Crippen molar-refractivity contribution < 1.29 is 14.3 Å². The molecule has 0 saturated heterocycles. The molecule has 2 N–H and O–H groups in total. The number of rotatable bonds is 4. The quantitative estimate of drug-likeness (QED) is 0.840.